The molecule has 1 aromatic carbocycles. The Labute approximate surface area is 181 Å². The second-order valence-electron chi connectivity index (χ2n) is 8.33. The Bertz CT molecular complexity index is 882. The van der Waals surface area contributed by atoms with Crippen LogP contribution >= 0.6 is 0 Å². The number of fused-ring (bicyclic) bond motifs is 1. The molecule has 1 unspecified atom stereocenters. The van der Waals surface area contributed by atoms with Crippen molar-refractivity contribution in [2.24, 2.45) is 0 Å². The van der Waals surface area contributed by atoms with Crippen molar-refractivity contribution in [2.75, 3.05) is 25.9 Å². The van der Waals surface area contributed by atoms with E-state index in [-0.39, 0.29) is 0 Å². The first-order valence-corrected chi connectivity index (χ1v) is 13.1. The zero-order valence-electron chi connectivity index (χ0n) is 18.1. The van der Waals surface area contributed by atoms with Gasteiger partial charge in [0, 0.05) is 24.2 Å². The zero-order valence-corrected chi connectivity index (χ0v) is 18.9. The Balaban J connectivity index is 1.17. The smallest absolute Gasteiger partial charge is 0.175 e. The SMILES string of the molecule is CS(=O)(=O)c1ccc(CCNCCCCCCNC2CCc3ncccc3C2)cc1. The summed E-state index contributed by atoms with van der Waals surface area (Å²) in [4.78, 5) is 4.87. The van der Waals surface area contributed by atoms with Crippen LogP contribution in [-0.4, -0.2) is 45.3 Å². The second kappa shape index (κ2) is 11.6. The molecular weight excluding hydrogens is 394 g/mol. The normalized spacial score (nSPS) is 16.4. The zero-order chi connectivity index (χ0) is 21.2. The summed E-state index contributed by atoms with van der Waals surface area (Å²) in [6.07, 6.45) is 12.5. The largest absolute Gasteiger partial charge is 0.316 e. The molecule has 0 bridgehead atoms. The van der Waals surface area contributed by atoms with Gasteiger partial charge in [-0.1, -0.05) is 31.0 Å². The summed E-state index contributed by atoms with van der Waals surface area (Å²) in [5.74, 6) is 0. The highest BCUT2D eigenvalue weighted by molar-refractivity contribution is 7.90. The van der Waals surface area contributed by atoms with E-state index < -0.39 is 9.84 Å². The van der Waals surface area contributed by atoms with Gasteiger partial charge in [0.2, 0.25) is 0 Å². The third-order valence-electron chi connectivity index (χ3n) is 5.84. The molecule has 1 aromatic heterocycles. The molecule has 0 saturated carbocycles. The maximum atomic E-state index is 11.5. The number of nitrogens with one attached hydrogen (secondary N) is 2. The lowest BCUT2D eigenvalue weighted by atomic mass is 9.92. The number of benzene rings is 1. The lowest BCUT2D eigenvalue weighted by Crippen LogP contribution is -2.35. The Morgan fingerprint density at radius 3 is 2.53 bits per heavy atom. The standard InChI is InChI=1S/C24H35N3O2S/c1-30(28,29)23-11-8-20(9-12-23)14-18-25-15-4-2-3-5-16-26-22-10-13-24-21(19-22)7-6-17-27-24/h6-9,11-12,17,22,25-26H,2-5,10,13-16,18-19H2,1H3. The van der Waals surface area contributed by atoms with Crippen molar-refractivity contribution in [3.8, 4) is 0 Å². The molecule has 0 aliphatic heterocycles. The fourth-order valence-electron chi connectivity index (χ4n) is 4.03. The van der Waals surface area contributed by atoms with Crippen LogP contribution in [0.15, 0.2) is 47.5 Å². The van der Waals surface area contributed by atoms with Crippen molar-refractivity contribution in [2.45, 2.75) is 62.3 Å². The third kappa shape index (κ3) is 7.49. The van der Waals surface area contributed by atoms with Crippen LogP contribution in [0.1, 0.15) is 48.9 Å². The molecule has 0 amide bonds. The van der Waals surface area contributed by atoms with Crippen LogP contribution in [-0.2, 0) is 29.1 Å². The van der Waals surface area contributed by atoms with Gasteiger partial charge in [0.05, 0.1) is 4.90 Å². The fraction of sp³-hybridized carbons (Fsp3) is 0.542. The van der Waals surface area contributed by atoms with E-state index in [0.29, 0.717) is 10.9 Å². The maximum absolute atomic E-state index is 11.5. The molecule has 1 heterocycles. The fourth-order valence-corrected chi connectivity index (χ4v) is 4.66. The van der Waals surface area contributed by atoms with Crippen molar-refractivity contribution in [1.29, 1.82) is 0 Å². The van der Waals surface area contributed by atoms with Crippen LogP contribution in [0, 0.1) is 0 Å². The summed E-state index contributed by atoms with van der Waals surface area (Å²) in [5, 5.41) is 7.21. The number of rotatable bonds is 12. The molecule has 2 N–H and O–H groups in total. The summed E-state index contributed by atoms with van der Waals surface area (Å²) >= 11 is 0. The first-order chi connectivity index (χ1) is 14.5. The highest BCUT2D eigenvalue weighted by atomic mass is 32.2. The molecule has 5 nitrogen and oxygen atoms in total. The van der Waals surface area contributed by atoms with Crippen molar-refractivity contribution in [3.63, 3.8) is 0 Å². The number of nitrogens with zero attached hydrogens (tertiary/aromatic N) is 1. The molecule has 6 heteroatoms. The number of aromatic nitrogens is 1. The highest BCUT2D eigenvalue weighted by Gasteiger charge is 2.18. The van der Waals surface area contributed by atoms with E-state index in [0.717, 1.165) is 38.9 Å². The number of aryl methyl sites for hydroxylation is 1. The molecule has 0 saturated heterocycles. The third-order valence-corrected chi connectivity index (χ3v) is 6.96. The Kier molecular flexibility index (Phi) is 8.85. The second-order valence-corrected chi connectivity index (χ2v) is 10.3. The molecule has 3 rings (SSSR count). The number of hydrogen-bond donors (Lipinski definition) is 2. The van der Waals surface area contributed by atoms with Crippen LogP contribution in [0.2, 0.25) is 0 Å². The van der Waals surface area contributed by atoms with Gasteiger partial charge in [0.1, 0.15) is 0 Å². The average molecular weight is 430 g/mol. The van der Waals surface area contributed by atoms with E-state index in [1.165, 1.54) is 55.2 Å². The number of sulfone groups is 1. The molecule has 1 atom stereocenters. The topological polar surface area (TPSA) is 71.1 Å². The van der Waals surface area contributed by atoms with Gasteiger partial charge in [0.25, 0.3) is 0 Å². The van der Waals surface area contributed by atoms with Gasteiger partial charge >= 0.3 is 0 Å². The molecule has 0 radical (unpaired) electrons. The van der Waals surface area contributed by atoms with Gasteiger partial charge in [-0.05, 0) is 87.5 Å². The first-order valence-electron chi connectivity index (χ1n) is 11.2. The number of unbranched alkanes of at least 4 members (excludes halogenated alkanes) is 3. The highest BCUT2D eigenvalue weighted by Crippen LogP contribution is 2.19. The van der Waals surface area contributed by atoms with Crippen LogP contribution in [0.4, 0.5) is 0 Å². The van der Waals surface area contributed by atoms with Crippen LogP contribution in [0.25, 0.3) is 0 Å². The molecular formula is C24H35N3O2S. The van der Waals surface area contributed by atoms with E-state index in [4.69, 9.17) is 0 Å². The molecule has 1 aliphatic rings. The predicted molar refractivity (Wildman–Crippen MR) is 123 cm³/mol. The minimum absolute atomic E-state index is 0.388. The molecule has 0 fully saturated rings. The van der Waals surface area contributed by atoms with Gasteiger partial charge in [-0.3, -0.25) is 4.98 Å². The van der Waals surface area contributed by atoms with Crippen molar-refractivity contribution >= 4 is 9.84 Å². The average Bonchev–Trinajstić information content (AvgIpc) is 2.74. The number of hydrogen-bond acceptors (Lipinski definition) is 5. The van der Waals surface area contributed by atoms with Crippen LogP contribution < -0.4 is 10.6 Å². The van der Waals surface area contributed by atoms with Gasteiger partial charge in [-0.25, -0.2) is 8.42 Å². The van der Waals surface area contributed by atoms with E-state index in [2.05, 4.69) is 21.7 Å². The minimum Gasteiger partial charge on any atom is -0.316 e. The van der Waals surface area contributed by atoms with Gasteiger partial charge in [0.15, 0.2) is 9.84 Å². The Hall–Kier alpha value is -1.76. The Morgan fingerprint density at radius 1 is 1.00 bits per heavy atom. The monoisotopic (exact) mass is 429 g/mol. The molecule has 2 aromatic rings. The van der Waals surface area contributed by atoms with Crippen molar-refractivity contribution in [3.05, 3.63) is 59.4 Å². The molecule has 0 spiro atoms. The molecule has 30 heavy (non-hydrogen) atoms. The summed E-state index contributed by atoms with van der Waals surface area (Å²) in [5.41, 5.74) is 3.87. The van der Waals surface area contributed by atoms with Gasteiger partial charge in [-0.15, -0.1) is 0 Å². The summed E-state index contributed by atoms with van der Waals surface area (Å²) in [6.45, 7) is 3.08. The molecule has 1 aliphatic carbocycles. The van der Waals surface area contributed by atoms with E-state index in [1.54, 1.807) is 12.1 Å². The van der Waals surface area contributed by atoms with Crippen molar-refractivity contribution in [1.82, 2.24) is 15.6 Å². The summed E-state index contributed by atoms with van der Waals surface area (Å²) < 4.78 is 23.0. The van der Waals surface area contributed by atoms with Crippen LogP contribution in [0.3, 0.4) is 0 Å². The molecule has 164 valence electrons. The number of pyridine rings is 1. The first kappa shape index (κ1) is 22.9. The van der Waals surface area contributed by atoms with Crippen molar-refractivity contribution < 1.29 is 8.42 Å². The van der Waals surface area contributed by atoms with E-state index in [1.807, 2.05) is 24.4 Å². The van der Waals surface area contributed by atoms with Gasteiger partial charge < -0.3 is 10.6 Å². The predicted octanol–water partition coefficient (Wildman–Crippen LogP) is 3.32. The summed E-state index contributed by atoms with van der Waals surface area (Å²) in [7, 11) is -3.10. The lowest BCUT2D eigenvalue weighted by Gasteiger charge is -2.24. The Morgan fingerprint density at radius 2 is 1.77 bits per heavy atom. The quantitative estimate of drug-likeness (QED) is 0.507. The van der Waals surface area contributed by atoms with E-state index in [9.17, 15) is 8.42 Å². The lowest BCUT2D eigenvalue weighted by molar-refractivity contribution is 0.443. The minimum atomic E-state index is -3.10. The van der Waals surface area contributed by atoms with E-state index >= 15 is 0 Å². The van der Waals surface area contributed by atoms with Crippen LogP contribution in [0.5, 0.6) is 0 Å². The maximum Gasteiger partial charge on any atom is 0.175 e. The van der Waals surface area contributed by atoms with Gasteiger partial charge in [-0.2, -0.15) is 0 Å². The summed E-state index contributed by atoms with van der Waals surface area (Å²) in [6, 6.07) is 12.1.